The largest absolute Gasteiger partial charge is 0.347 e. The molecule has 0 saturated heterocycles. The molecule has 0 N–H and O–H groups in total. The summed E-state index contributed by atoms with van der Waals surface area (Å²) in [5.74, 6) is 0.524. The van der Waals surface area contributed by atoms with Crippen LogP contribution in [0, 0.1) is 6.92 Å². The van der Waals surface area contributed by atoms with Gasteiger partial charge >= 0.3 is 0 Å². The van der Waals surface area contributed by atoms with E-state index in [1.807, 2.05) is 68.4 Å². The molecule has 0 aliphatic carbocycles. The molecule has 1 aromatic heterocycles. The van der Waals surface area contributed by atoms with Crippen molar-refractivity contribution in [1.82, 2.24) is 14.9 Å². The number of amides is 1. The Labute approximate surface area is 137 Å². The fourth-order valence-corrected chi connectivity index (χ4v) is 2.08. The maximum Gasteiger partial charge on any atom is 0.257 e. The molecular formula is C18H22N4O. The second kappa shape index (κ2) is 7.54. The van der Waals surface area contributed by atoms with Gasteiger partial charge in [0.15, 0.2) is 0 Å². The highest BCUT2D eigenvalue weighted by atomic mass is 16.2. The lowest BCUT2D eigenvalue weighted by Crippen LogP contribution is -2.28. The molecule has 23 heavy (non-hydrogen) atoms. The fourth-order valence-electron chi connectivity index (χ4n) is 2.08. The summed E-state index contributed by atoms with van der Waals surface area (Å²) in [4.78, 5) is 24.5. The van der Waals surface area contributed by atoms with Crippen LogP contribution in [-0.2, 0) is 0 Å². The molecule has 1 amide bonds. The number of carbonyl (C=O) groups excluding carboxylic acids is 1. The van der Waals surface area contributed by atoms with E-state index in [2.05, 4.69) is 9.97 Å². The van der Waals surface area contributed by atoms with E-state index >= 15 is 0 Å². The van der Waals surface area contributed by atoms with Gasteiger partial charge in [-0.3, -0.25) is 4.79 Å². The van der Waals surface area contributed by atoms with Crippen molar-refractivity contribution in [1.29, 1.82) is 0 Å². The molecule has 5 nitrogen and oxygen atoms in total. The number of benzene rings is 1. The van der Waals surface area contributed by atoms with Crippen LogP contribution in [-0.4, -0.2) is 48.5 Å². The van der Waals surface area contributed by atoms with Crippen molar-refractivity contribution >= 4 is 17.9 Å². The first-order chi connectivity index (χ1) is 11.0. The molecule has 0 atom stereocenters. The smallest absolute Gasteiger partial charge is 0.257 e. The summed E-state index contributed by atoms with van der Waals surface area (Å²) in [6, 6.07) is 10.0. The molecule has 0 radical (unpaired) electrons. The maximum absolute atomic E-state index is 12.5. The first-order valence-corrected chi connectivity index (χ1v) is 7.47. The molecule has 0 aliphatic heterocycles. The van der Waals surface area contributed by atoms with Crippen LogP contribution in [0.4, 0.5) is 5.95 Å². The second-order valence-corrected chi connectivity index (χ2v) is 5.56. The highest BCUT2D eigenvalue weighted by molar-refractivity contribution is 5.95. The van der Waals surface area contributed by atoms with Crippen molar-refractivity contribution in [2.24, 2.45) is 0 Å². The Bertz CT molecular complexity index is 695. The molecule has 0 unspecified atom stereocenters. The quantitative estimate of drug-likeness (QED) is 0.852. The van der Waals surface area contributed by atoms with Crippen molar-refractivity contribution in [3.05, 3.63) is 59.4 Å². The Morgan fingerprint density at radius 1 is 1.17 bits per heavy atom. The van der Waals surface area contributed by atoms with E-state index in [0.29, 0.717) is 23.8 Å². The van der Waals surface area contributed by atoms with E-state index in [4.69, 9.17) is 0 Å². The van der Waals surface area contributed by atoms with Gasteiger partial charge in [0.2, 0.25) is 5.95 Å². The lowest BCUT2D eigenvalue weighted by molar-refractivity contribution is 0.0808. The number of rotatable bonds is 5. The van der Waals surface area contributed by atoms with Gasteiger partial charge in [-0.25, -0.2) is 9.97 Å². The van der Waals surface area contributed by atoms with Crippen LogP contribution >= 0.6 is 0 Å². The third-order valence-electron chi connectivity index (χ3n) is 3.43. The van der Waals surface area contributed by atoms with Crippen molar-refractivity contribution in [3.63, 3.8) is 0 Å². The topological polar surface area (TPSA) is 49.3 Å². The number of hydrogen-bond acceptors (Lipinski definition) is 4. The van der Waals surface area contributed by atoms with Gasteiger partial charge < -0.3 is 9.80 Å². The van der Waals surface area contributed by atoms with Crippen LogP contribution in [0.3, 0.4) is 0 Å². The summed E-state index contributed by atoms with van der Waals surface area (Å²) < 4.78 is 0. The summed E-state index contributed by atoms with van der Waals surface area (Å²) in [6.45, 7) is 2.36. The summed E-state index contributed by atoms with van der Waals surface area (Å²) in [5, 5.41) is 0. The molecule has 1 heterocycles. The Hall–Kier alpha value is -2.69. The van der Waals surface area contributed by atoms with Gasteiger partial charge in [-0.1, -0.05) is 42.5 Å². The van der Waals surface area contributed by atoms with Gasteiger partial charge in [0, 0.05) is 33.9 Å². The molecule has 5 heteroatoms. The minimum atomic E-state index is -0.0782. The second-order valence-electron chi connectivity index (χ2n) is 5.56. The van der Waals surface area contributed by atoms with Crippen molar-refractivity contribution in [2.45, 2.75) is 6.92 Å². The zero-order valence-electron chi connectivity index (χ0n) is 14.0. The predicted molar refractivity (Wildman–Crippen MR) is 93.5 cm³/mol. The number of hydrogen-bond donors (Lipinski definition) is 0. The molecule has 0 spiro atoms. The van der Waals surface area contributed by atoms with Crippen molar-refractivity contribution in [3.8, 4) is 0 Å². The lowest BCUT2D eigenvalue weighted by Gasteiger charge is -2.17. The highest BCUT2D eigenvalue weighted by Gasteiger charge is 2.15. The van der Waals surface area contributed by atoms with Gasteiger partial charge in [0.25, 0.3) is 5.91 Å². The Balaban J connectivity index is 2.03. The van der Waals surface area contributed by atoms with Gasteiger partial charge in [0.1, 0.15) is 0 Å². The number of likely N-dealkylation sites (N-methyl/N-ethyl adjacent to an activating group) is 1. The average Bonchev–Trinajstić information content (AvgIpc) is 2.55. The first-order valence-electron chi connectivity index (χ1n) is 7.47. The zero-order valence-corrected chi connectivity index (χ0v) is 14.0. The molecule has 2 rings (SSSR count). The van der Waals surface area contributed by atoms with E-state index in [0.717, 1.165) is 5.56 Å². The molecule has 120 valence electrons. The van der Waals surface area contributed by atoms with Crippen LogP contribution in [0.25, 0.3) is 6.08 Å². The molecule has 1 aromatic carbocycles. The van der Waals surface area contributed by atoms with Gasteiger partial charge in [0.05, 0.1) is 11.3 Å². The standard InChI is InChI=1S/C18H22N4O/c1-14-16(13-19-18(20-14)21(2)3)17(23)22(4)12-8-11-15-9-6-5-7-10-15/h5-11,13H,12H2,1-4H3/b11-8+. The summed E-state index contributed by atoms with van der Waals surface area (Å²) >= 11 is 0. The fraction of sp³-hybridized carbons (Fsp3) is 0.278. The average molecular weight is 310 g/mol. The zero-order chi connectivity index (χ0) is 16.8. The summed E-state index contributed by atoms with van der Waals surface area (Å²) in [6.07, 6.45) is 5.57. The first kappa shape index (κ1) is 16.7. The van der Waals surface area contributed by atoms with Crippen LogP contribution in [0.1, 0.15) is 21.6 Å². The van der Waals surface area contributed by atoms with Crippen LogP contribution < -0.4 is 4.90 Å². The molecule has 2 aromatic rings. The third-order valence-corrected chi connectivity index (χ3v) is 3.43. The predicted octanol–water partition coefficient (Wildman–Crippen LogP) is 2.64. The Morgan fingerprint density at radius 2 is 1.87 bits per heavy atom. The van der Waals surface area contributed by atoms with E-state index in [1.54, 1.807) is 18.1 Å². The minimum Gasteiger partial charge on any atom is -0.347 e. The van der Waals surface area contributed by atoms with Crippen LogP contribution in [0.15, 0.2) is 42.6 Å². The van der Waals surface area contributed by atoms with Crippen LogP contribution in [0.2, 0.25) is 0 Å². The number of anilines is 1. The normalized spacial score (nSPS) is 10.8. The van der Waals surface area contributed by atoms with Gasteiger partial charge in [-0.2, -0.15) is 0 Å². The summed E-state index contributed by atoms with van der Waals surface area (Å²) in [7, 11) is 5.52. The molecule has 0 bridgehead atoms. The molecular weight excluding hydrogens is 288 g/mol. The van der Waals surface area contributed by atoms with Gasteiger partial charge in [-0.15, -0.1) is 0 Å². The summed E-state index contributed by atoms with van der Waals surface area (Å²) in [5.41, 5.74) is 2.34. The SMILES string of the molecule is Cc1nc(N(C)C)ncc1C(=O)N(C)C/C=C/c1ccccc1. The van der Waals surface area contributed by atoms with E-state index < -0.39 is 0 Å². The number of aryl methyl sites for hydroxylation is 1. The lowest BCUT2D eigenvalue weighted by atomic mass is 10.2. The number of aromatic nitrogens is 2. The van der Waals surface area contributed by atoms with E-state index in [1.165, 1.54) is 0 Å². The Kier molecular flexibility index (Phi) is 5.46. The molecule has 0 aliphatic rings. The third kappa shape index (κ3) is 4.39. The number of nitrogens with zero attached hydrogens (tertiary/aromatic N) is 4. The Morgan fingerprint density at radius 3 is 2.48 bits per heavy atom. The van der Waals surface area contributed by atoms with Crippen molar-refractivity contribution < 1.29 is 4.79 Å². The van der Waals surface area contributed by atoms with E-state index in [9.17, 15) is 4.79 Å². The van der Waals surface area contributed by atoms with Crippen LogP contribution in [0.5, 0.6) is 0 Å². The number of carbonyl (C=O) groups is 1. The van der Waals surface area contributed by atoms with Crippen molar-refractivity contribution in [2.75, 3.05) is 32.6 Å². The van der Waals surface area contributed by atoms with Gasteiger partial charge in [-0.05, 0) is 12.5 Å². The maximum atomic E-state index is 12.5. The highest BCUT2D eigenvalue weighted by Crippen LogP contribution is 2.11. The monoisotopic (exact) mass is 310 g/mol. The molecule has 0 saturated carbocycles. The van der Waals surface area contributed by atoms with E-state index in [-0.39, 0.29) is 5.91 Å². The molecule has 0 fully saturated rings. The minimum absolute atomic E-state index is 0.0782.